The van der Waals surface area contributed by atoms with Crippen LogP contribution in [0.25, 0.3) is 10.8 Å². The second-order valence-electron chi connectivity index (χ2n) is 7.28. The lowest BCUT2D eigenvalue weighted by Crippen LogP contribution is -2.03. The topological polar surface area (TPSA) is 129 Å². The molecule has 4 rings (SSSR count). The number of phenolic OH excluding ortho intramolecular Hbond substituents is 2. The molecule has 0 unspecified atom stereocenters. The molecule has 9 heteroatoms. The second-order valence-corrected chi connectivity index (χ2v) is 10.7. The molecular weight excluding hydrogens is 452 g/mol. The number of aromatic hydroxyl groups is 2. The van der Waals surface area contributed by atoms with E-state index in [9.17, 15) is 31.6 Å². The summed E-state index contributed by atoms with van der Waals surface area (Å²) in [5.41, 5.74) is 1.08. The molecule has 0 saturated carbocycles. The number of hydrogen-bond acceptors (Lipinski definition) is 6. The first-order chi connectivity index (χ1) is 15.0. The highest BCUT2D eigenvalue weighted by Crippen LogP contribution is 2.29. The molecule has 0 aromatic heterocycles. The van der Waals surface area contributed by atoms with Crippen LogP contribution < -0.4 is 0 Å². The Bertz CT molecular complexity index is 1540. The van der Waals surface area contributed by atoms with E-state index in [-0.39, 0.29) is 32.6 Å². The molecule has 0 radical (unpaired) electrons. The predicted molar refractivity (Wildman–Crippen MR) is 118 cm³/mol. The average Bonchev–Trinajstić information content (AvgIpc) is 2.74. The maximum absolute atomic E-state index is 12.9. The van der Waals surface area contributed by atoms with Crippen LogP contribution in [0.2, 0.25) is 0 Å². The van der Waals surface area contributed by atoms with Crippen molar-refractivity contribution in [2.75, 3.05) is 0 Å². The number of rotatable bonds is 5. The van der Waals surface area contributed by atoms with Gasteiger partial charge in [0.1, 0.15) is 11.5 Å². The van der Waals surface area contributed by atoms with Crippen LogP contribution in [-0.2, 0) is 26.4 Å². The molecule has 4 aromatic carbocycles. The average molecular weight is 471 g/mol. The number of hydrogen-bond donors (Lipinski definition) is 3. The number of benzene rings is 4. The second kappa shape index (κ2) is 7.94. The maximum atomic E-state index is 12.9. The molecule has 0 saturated heterocycles. The maximum Gasteiger partial charge on any atom is 0.294 e. The lowest BCUT2D eigenvalue weighted by molar-refractivity contribution is 0.468. The highest BCUT2D eigenvalue weighted by atomic mass is 32.2. The molecule has 4 aromatic rings. The third-order valence-electron chi connectivity index (χ3n) is 5.08. The summed E-state index contributed by atoms with van der Waals surface area (Å²) >= 11 is 0. The Hall–Kier alpha value is -3.40. The number of fused-ring (bicyclic) bond motifs is 1. The predicted octanol–water partition coefficient (Wildman–Crippen LogP) is 3.92. The molecule has 3 N–H and O–H groups in total. The Kier molecular flexibility index (Phi) is 5.41. The SMILES string of the molecule is O=S(=O)(O)c1ccc2ccc(Cc3cc(S(=O)(=O)c4ccc(O)cc4)ccc3O)cc2c1. The summed E-state index contributed by atoms with van der Waals surface area (Å²) in [6, 6.07) is 18.7. The van der Waals surface area contributed by atoms with Crippen molar-refractivity contribution < 1.29 is 31.6 Å². The third-order valence-corrected chi connectivity index (χ3v) is 7.69. The van der Waals surface area contributed by atoms with Crippen molar-refractivity contribution in [1.29, 1.82) is 0 Å². The molecule has 0 spiro atoms. The normalized spacial score (nSPS) is 12.2. The molecular formula is C23H18O7S2. The van der Waals surface area contributed by atoms with Crippen LogP contribution in [0, 0.1) is 0 Å². The summed E-state index contributed by atoms with van der Waals surface area (Å²) in [7, 11) is -8.21. The fraction of sp³-hybridized carbons (Fsp3) is 0.0435. The van der Waals surface area contributed by atoms with Crippen LogP contribution in [-0.4, -0.2) is 31.6 Å². The summed E-state index contributed by atoms with van der Waals surface area (Å²) in [6.07, 6.45) is 0.191. The first kappa shape index (κ1) is 21.8. The highest BCUT2D eigenvalue weighted by molar-refractivity contribution is 7.91. The van der Waals surface area contributed by atoms with Crippen LogP contribution in [0.4, 0.5) is 0 Å². The van der Waals surface area contributed by atoms with Gasteiger partial charge in [0, 0.05) is 6.42 Å². The standard InChI is InChI=1S/C23H18O7S2/c24-19-4-7-20(8-5-19)31(26,27)21-9-10-23(25)18(14-21)12-15-1-2-16-3-6-22(32(28,29)30)13-17(16)11-15/h1-11,13-14,24-25H,12H2,(H,28,29,30). The zero-order valence-electron chi connectivity index (χ0n) is 16.5. The van der Waals surface area contributed by atoms with Gasteiger partial charge in [-0.1, -0.05) is 24.3 Å². The fourth-order valence-corrected chi connectivity index (χ4v) is 5.22. The van der Waals surface area contributed by atoms with E-state index < -0.39 is 20.0 Å². The highest BCUT2D eigenvalue weighted by Gasteiger charge is 2.19. The summed E-state index contributed by atoms with van der Waals surface area (Å²) in [5, 5.41) is 21.0. The first-order valence-electron chi connectivity index (χ1n) is 9.40. The minimum atomic E-state index is -4.35. The van der Waals surface area contributed by atoms with Crippen molar-refractivity contribution in [3.05, 3.63) is 90.0 Å². The van der Waals surface area contributed by atoms with Gasteiger partial charge < -0.3 is 10.2 Å². The van der Waals surface area contributed by atoms with Crippen molar-refractivity contribution >= 4 is 30.7 Å². The van der Waals surface area contributed by atoms with Crippen molar-refractivity contribution in [3.63, 3.8) is 0 Å². The minimum Gasteiger partial charge on any atom is -0.508 e. The van der Waals surface area contributed by atoms with Gasteiger partial charge in [-0.2, -0.15) is 8.42 Å². The van der Waals surface area contributed by atoms with Crippen LogP contribution in [0.5, 0.6) is 11.5 Å². The summed E-state index contributed by atoms with van der Waals surface area (Å²) < 4.78 is 58.0. The Morgan fingerprint density at radius 2 is 1.25 bits per heavy atom. The Morgan fingerprint density at radius 3 is 1.94 bits per heavy atom. The number of sulfone groups is 1. The molecule has 0 heterocycles. The summed E-state index contributed by atoms with van der Waals surface area (Å²) in [6.45, 7) is 0. The van der Waals surface area contributed by atoms with Gasteiger partial charge in [-0.3, -0.25) is 4.55 Å². The van der Waals surface area contributed by atoms with E-state index in [1.807, 2.05) is 0 Å². The summed E-state index contributed by atoms with van der Waals surface area (Å²) in [5.74, 6) is -0.134. The van der Waals surface area contributed by atoms with E-state index in [2.05, 4.69) is 0 Å². The fourth-order valence-electron chi connectivity index (χ4n) is 3.40. The van der Waals surface area contributed by atoms with Gasteiger partial charge in [0.05, 0.1) is 14.7 Å². The van der Waals surface area contributed by atoms with Crippen molar-refractivity contribution in [3.8, 4) is 11.5 Å². The monoisotopic (exact) mass is 470 g/mol. The molecule has 0 aliphatic heterocycles. The van der Waals surface area contributed by atoms with Gasteiger partial charge in [-0.15, -0.1) is 0 Å². The Labute approximate surface area is 184 Å². The zero-order valence-corrected chi connectivity index (χ0v) is 18.1. The molecule has 32 heavy (non-hydrogen) atoms. The summed E-state index contributed by atoms with van der Waals surface area (Å²) in [4.78, 5) is -0.229. The van der Waals surface area contributed by atoms with Gasteiger partial charge in [0.2, 0.25) is 9.84 Å². The van der Waals surface area contributed by atoms with E-state index in [4.69, 9.17) is 0 Å². The lowest BCUT2D eigenvalue weighted by Gasteiger charge is -2.10. The molecule has 0 amide bonds. The molecule has 0 atom stereocenters. The van der Waals surface area contributed by atoms with Crippen LogP contribution in [0.15, 0.2) is 93.5 Å². The van der Waals surface area contributed by atoms with Crippen LogP contribution in [0.3, 0.4) is 0 Å². The van der Waals surface area contributed by atoms with E-state index in [1.54, 1.807) is 24.3 Å². The van der Waals surface area contributed by atoms with E-state index >= 15 is 0 Å². The number of phenols is 2. The van der Waals surface area contributed by atoms with Gasteiger partial charge >= 0.3 is 0 Å². The van der Waals surface area contributed by atoms with Gasteiger partial charge in [-0.25, -0.2) is 8.42 Å². The van der Waals surface area contributed by atoms with E-state index in [1.165, 1.54) is 54.6 Å². The van der Waals surface area contributed by atoms with Gasteiger partial charge in [0.15, 0.2) is 0 Å². The van der Waals surface area contributed by atoms with Gasteiger partial charge in [0.25, 0.3) is 10.1 Å². The molecule has 0 aliphatic carbocycles. The lowest BCUT2D eigenvalue weighted by atomic mass is 10.0. The molecule has 0 bridgehead atoms. The largest absolute Gasteiger partial charge is 0.508 e. The third kappa shape index (κ3) is 4.31. The first-order valence-corrected chi connectivity index (χ1v) is 12.3. The van der Waals surface area contributed by atoms with E-state index in [0.717, 1.165) is 5.39 Å². The molecule has 7 nitrogen and oxygen atoms in total. The molecule has 0 fully saturated rings. The van der Waals surface area contributed by atoms with Crippen molar-refractivity contribution in [2.24, 2.45) is 0 Å². The minimum absolute atomic E-state index is 0.00885. The van der Waals surface area contributed by atoms with E-state index in [0.29, 0.717) is 16.5 Å². The van der Waals surface area contributed by atoms with Crippen LogP contribution >= 0.6 is 0 Å². The Balaban J connectivity index is 1.72. The van der Waals surface area contributed by atoms with Crippen molar-refractivity contribution in [1.82, 2.24) is 0 Å². The quantitative estimate of drug-likeness (QED) is 0.377. The molecule has 0 aliphatic rings. The molecule has 164 valence electrons. The van der Waals surface area contributed by atoms with Gasteiger partial charge in [-0.05, 0) is 76.5 Å². The van der Waals surface area contributed by atoms with Crippen LogP contribution in [0.1, 0.15) is 11.1 Å². The Morgan fingerprint density at radius 1 is 0.625 bits per heavy atom. The zero-order chi connectivity index (χ0) is 23.1. The smallest absolute Gasteiger partial charge is 0.294 e. The van der Waals surface area contributed by atoms with Crippen molar-refractivity contribution in [2.45, 2.75) is 21.1 Å².